The van der Waals surface area contributed by atoms with Gasteiger partial charge in [0.25, 0.3) is 0 Å². The second kappa shape index (κ2) is 4.09. The Labute approximate surface area is 106 Å². The minimum Gasteiger partial charge on any atom is -0.348 e. The third kappa shape index (κ3) is 1.99. The lowest BCUT2D eigenvalue weighted by atomic mass is 10.0. The highest BCUT2D eigenvalue weighted by atomic mass is 32.1. The highest BCUT2D eigenvalue weighted by Gasteiger charge is 2.32. The fraction of sp³-hybridized carbons (Fsp3) is 0.692. The number of hydrogen-bond acceptors (Lipinski definition) is 4. The molecule has 1 saturated carbocycles. The molecule has 0 aromatic carbocycles. The summed E-state index contributed by atoms with van der Waals surface area (Å²) < 4.78 is 0. The van der Waals surface area contributed by atoms with Gasteiger partial charge in [0.2, 0.25) is 0 Å². The summed E-state index contributed by atoms with van der Waals surface area (Å²) in [6.07, 6.45) is 5.34. The Morgan fingerprint density at radius 1 is 1.41 bits per heavy atom. The molecule has 1 unspecified atom stereocenters. The molecule has 1 fully saturated rings. The van der Waals surface area contributed by atoms with Gasteiger partial charge in [0, 0.05) is 19.5 Å². The number of fused-ring (bicyclic) bond motifs is 1. The van der Waals surface area contributed by atoms with Gasteiger partial charge < -0.3 is 4.90 Å². The summed E-state index contributed by atoms with van der Waals surface area (Å²) in [5, 5.41) is 1.03. The van der Waals surface area contributed by atoms with E-state index in [2.05, 4.69) is 23.9 Å². The third-order valence-electron chi connectivity index (χ3n) is 3.97. The van der Waals surface area contributed by atoms with E-state index in [0.717, 1.165) is 34.5 Å². The van der Waals surface area contributed by atoms with Crippen LogP contribution < -0.4 is 4.90 Å². The number of carbonyl (C=O) groups excluding carboxylic acids is 1. The zero-order valence-corrected chi connectivity index (χ0v) is 11.2. The molecule has 1 aromatic rings. The summed E-state index contributed by atoms with van der Waals surface area (Å²) in [7, 11) is 2.11. The maximum absolute atomic E-state index is 11.8. The zero-order chi connectivity index (χ0) is 12.0. The van der Waals surface area contributed by atoms with E-state index < -0.39 is 0 Å². The summed E-state index contributed by atoms with van der Waals surface area (Å²) >= 11 is 1.59. The molecule has 0 bridgehead atoms. The molecule has 0 N–H and O–H groups in total. The Kier molecular flexibility index (Phi) is 2.69. The highest BCUT2D eigenvalue weighted by molar-refractivity contribution is 7.17. The van der Waals surface area contributed by atoms with E-state index in [-0.39, 0.29) is 0 Å². The average molecular weight is 250 g/mol. The molecule has 0 saturated heterocycles. The molecule has 92 valence electrons. The predicted molar refractivity (Wildman–Crippen MR) is 70.0 cm³/mol. The van der Waals surface area contributed by atoms with Crippen molar-refractivity contribution in [3.8, 4) is 0 Å². The number of aryl methyl sites for hydroxylation is 1. The van der Waals surface area contributed by atoms with Gasteiger partial charge in [-0.25, -0.2) is 4.98 Å². The van der Waals surface area contributed by atoms with Crippen molar-refractivity contribution in [3.05, 3.63) is 10.6 Å². The minimum absolute atomic E-state index is 0.294. The van der Waals surface area contributed by atoms with E-state index in [9.17, 15) is 4.79 Å². The summed E-state index contributed by atoms with van der Waals surface area (Å²) in [4.78, 5) is 19.6. The van der Waals surface area contributed by atoms with Crippen LogP contribution in [0.25, 0.3) is 0 Å². The van der Waals surface area contributed by atoms with Crippen molar-refractivity contribution >= 4 is 22.3 Å². The van der Waals surface area contributed by atoms with Gasteiger partial charge in [-0.2, -0.15) is 0 Å². The summed E-state index contributed by atoms with van der Waals surface area (Å²) in [6.45, 7) is 2.26. The number of Topliss-reactive ketones (excluding diaryl/α,β-unsaturated/α-hetero) is 1. The summed E-state index contributed by atoms with van der Waals surface area (Å²) in [5.74, 6) is 1.12. The molecule has 3 nitrogen and oxygen atoms in total. The van der Waals surface area contributed by atoms with Crippen molar-refractivity contribution in [2.75, 3.05) is 11.9 Å². The van der Waals surface area contributed by atoms with E-state index in [1.807, 2.05) is 0 Å². The van der Waals surface area contributed by atoms with Gasteiger partial charge in [0.1, 0.15) is 0 Å². The highest BCUT2D eigenvalue weighted by Crippen LogP contribution is 2.38. The average Bonchev–Trinajstić information content (AvgIpc) is 3.07. The molecular weight excluding hydrogens is 232 g/mol. The van der Waals surface area contributed by atoms with Crippen LogP contribution in [0.3, 0.4) is 0 Å². The Hall–Kier alpha value is -0.900. The molecule has 17 heavy (non-hydrogen) atoms. The summed E-state index contributed by atoms with van der Waals surface area (Å²) in [5.41, 5.74) is 1.04. The normalized spacial score (nSPS) is 21.2. The first-order valence-electron chi connectivity index (χ1n) is 6.42. The SMILES string of the molecule is CC(C1CC1)N(C)c1nc2c(s1)C(=O)CCC2. The van der Waals surface area contributed by atoms with Crippen LogP contribution in [0.1, 0.15) is 48.0 Å². The van der Waals surface area contributed by atoms with Crippen LogP contribution in [0.2, 0.25) is 0 Å². The lowest BCUT2D eigenvalue weighted by Gasteiger charge is -2.23. The maximum atomic E-state index is 11.8. The number of ketones is 1. The van der Waals surface area contributed by atoms with Crippen molar-refractivity contribution in [2.45, 2.75) is 45.1 Å². The molecule has 0 amide bonds. The molecule has 0 aliphatic heterocycles. The lowest BCUT2D eigenvalue weighted by molar-refractivity contribution is 0.0976. The monoisotopic (exact) mass is 250 g/mol. The quantitative estimate of drug-likeness (QED) is 0.827. The number of anilines is 1. The van der Waals surface area contributed by atoms with Crippen LogP contribution >= 0.6 is 11.3 Å². The standard InChI is InChI=1S/C13H18N2OS/c1-8(9-6-7-9)15(2)13-14-10-4-3-5-11(16)12(10)17-13/h8-9H,3-7H2,1-2H3. The van der Waals surface area contributed by atoms with Crippen molar-refractivity contribution in [1.82, 2.24) is 4.98 Å². The Morgan fingerprint density at radius 3 is 2.82 bits per heavy atom. The fourth-order valence-corrected chi connectivity index (χ4v) is 3.61. The largest absolute Gasteiger partial charge is 0.348 e. The van der Waals surface area contributed by atoms with Crippen molar-refractivity contribution in [2.24, 2.45) is 5.92 Å². The first-order valence-corrected chi connectivity index (χ1v) is 7.24. The van der Waals surface area contributed by atoms with Crippen LogP contribution in [-0.4, -0.2) is 23.9 Å². The lowest BCUT2D eigenvalue weighted by Crippen LogP contribution is -2.30. The molecular formula is C13H18N2OS. The van der Waals surface area contributed by atoms with Crippen molar-refractivity contribution < 1.29 is 4.79 Å². The Balaban J connectivity index is 1.85. The molecule has 1 heterocycles. The van der Waals surface area contributed by atoms with E-state index in [0.29, 0.717) is 18.2 Å². The number of thiazole rings is 1. The number of carbonyl (C=O) groups is 1. The van der Waals surface area contributed by atoms with Crippen molar-refractivity contribution in [3.63, 3.8) is 0 Å². The summed E-state index contributed by atoms with van der Waals surface area (Å²) in [6, 6.07) is 0.553. The molecule has 3 rings (SSSR count). The number of nitrogens with zero attached hydrogens (tertiary/aromatic N) is 2. The van der Waals surface area contributed by atoms with Gasteiger partial charge >= 0.3 is 0 Å². The van der Waals surface area contributed by atoms with Gasteiger partial charge in [-0.3, -0.25) is 4.79 Å². The van der Waals surface area contributed by atoms with Crippen molar-refractivity contribution in [1.29, 1.82) is 0 Å². The molecule has 0 spiro atoms. The second-order valence-electron chi connectivity index (χ2n) is 5.24. The zero-order valence-electron chi connectivity index (χ0n) is 10.4. The van der Waals surface area contributed by atoms with Gasteiger partial charge in [0.05, 0.1) is 10.6 Å². The van der Waals surface area contributed by atoms with Crippen LogP contribution in [0.15, 0.2) is 0 Å². The Bertz CT molecular complexity index is 450. The topological polar surface area (TPSA) is 33.2 Å². The van der Waals surface area contributed by atoms with Crippen LogP contribution in [0, 0.1) is 5.92 Å². The second-order valence-corrected chi connectivity index (χ2v) is 6.22. The first-order chi connectivity index (χ1) is 8.16. The number of rotatable bonds is 3. The molecule has 1 atom stereocenters. The molecule has 0 radical (unpaired) electrons. The minimum atomic E-state index is 0.294. The van der Waals surface area contributed by atoms with E-state index in [4.69, 9.17) is 0 Å². The van der Waals surface area contributed by atoms with Gasteiger partial charge in [-0.15, -0.1) is 0 Å². The molecule has 1 aromatic heterocycles. The Morgan fingerprint density at radius 2 is 2.18 bits per heavy atom. The van der Waals surface area contributed by atoms with E-state index >= 15 is 0 Å². The maximum Gasteiger partial charge on any atom is 0.186 e. The van der Waals surface area contributed by atoms with E-state index in [1.165, 1.54) is 12.8 Å². The van der Waals surface area contributed by atoms with Crippen LogP contribution in [0.5, 0.6) is 0 Å². The van der Waals surface area contributed by atoms with Gasteiger partial charge in [0.15, 0.2) is 10.9 Å². The predicted octanol–water partition coefficient (Wildman–Crippen LogP) is 2.90. The first kappa shape index (κ1) is 11.2. The molecule has 4 heteroatoms. The molecule has 2 aliphatic rings. The van der Waals surface area contributed by atoms with E-state index in [1.54, 1.807) is 11.3 Å². The fourth-order valence-electron chi connectivity index (χ4n) is 2.48. The van der Waals surface area contributed by atoms with Gasteiger partial charge in [-0.1, -0.05) is 11.3 Å². The smallest absolute Gasteiger partial charge is 0.186 e. The molecule has 2 aliphatic carbocycles. The third-order valence-corrected chi connectivity index (χ3v) is 5.20. The number of aromatic nitrogens is 1. The van der Waals surface area contributed by atoms with Crippen LogP contribution in [-0.2, 0) is 6.42 Å². The van der Waals surface area contributed by atoms with Crippen LogP contribution in [0.4, 0.5) is 5.13 Å². The number of hydrogen-bond donors (Lipinski definition) is 0. The van der Waals surface area contributed by atoms with Gasteiger partial charge in [-0.05, 0) is 38.5 Å².